The predicted molar refractivity (Wildman–Crippen MR) is 83.2 cm³/mol. The number of hydrogen-bond donors (Lipinski definition) is 2. The topological polar surface area (TPSA) is 98.3 Å². The van der Waals surface area contributed by atoms with Crippen LogP contribution >= 0.6 is 0 Å². The van der Waals surface area contributed by atoms with Gasteiger partial charge in [-0.05, 0) is 25.0 Å². The highest BCUT2D eigenvalue weighted by Gasteiger charge is 2.17. The van der Waals surface area contributed by atoms with Gasteiger partial charge in [-0.1, -0.05) is 33.1 Å². The molecule has 0 aromatic heterocycles. The zero-order valence-electron chi connectivity index (χ0n) is 12.6. The molecule has 1 amide bonds. The Labute approximate surface area is 124 Å². The van der Waals surface area contributed by atoms with E-state index in [1.165, 1.54) is 18.2 Å². The second-order valence-corrected chi connectivity index (χ2v) is 5.13. The number of nitrogen functional groups attached to an aromatic ring is 1. The molecule has 1 atom stereocenters. The van der Waals surface area contributed by atoms with Gasteiger partial charge < -0.3 is 11.1 Å². The first kappa shape index (κ1) is 16.9. The molecule has 0 radical (unpaired) electrons. The quantitative estimate of drug-likeness (QED) is 0.436. The number of benzene rings is 1. The molecule has 0 saturated heterocycles. The first-order valence-corrected chi connectivity index (χ1v) is 7.34. The summed E-state index contributed by atoms with van der Waals surface area (Å²) < 4.78 is 0. The van der Waals surface area contributed by atoms with Crippen molar-refractivity contribution >= 4 is 17.3 Å². The highest BCUT2D eigenvalue weighted by atomic mass is 16.6. The summed E-state index contributed by atoms with van der Waals surface area (Å²) >= 11 is 0. The van der Waals surface area contributed by atoms with Gasteiger partial charge in [-0.25, -0.2) is 0 Å². The van der Waals surface area contributed by atoms with E-state index in [4.69, 9.17) is 5.73 Å². The van der Waals surface area contributed by atoms with Crippen LogP contribution in [0.3, 0.4) is 0 Å². The molecule has 0 aliphatic rings. The Kier molecular flexibility index (Phi) is 6.65. The van der Waals surface area contributed by atoms with Crippen molar-refractivity contribution < 1.29 is 9.72 Å². The molecule has 0 aliphatic heterocycles. The van der Waals surface area contributed by atoms with Gasteiger partial charge in [0.2, 0.25) is 0 Å². The summed E-state index contributed by atoms with van der Waals surface area (Å²) in [4.78, 5) is 22.5. The molecule has 0 bridgehead atoms. The van der Waals surface area contributed by atoms with Gasteiger partial charge in [0, 0.05) is 17.7 Å². The number of nitro groups is 1. The molecule has 0 saturated carbocycles. The number of rotatable bonds is 8. The van der Waals surface area contributed by atoms with Crippen molar-refractivity contribution in [3.8, 4) is 0 Å². The van der Waals surface area contributed by atoms with Gasteiger partial charge in [0.25, 0.3) is 11.6 Å². The van der Waals surface area contributed by atoms with Crippen LogP contribution in [-0.2, 0) is 0 Å². The second kappa shape index (κ2) is 8.24. The highest BCUT2D eigenvalue weighted by molar-refractivity contribution is 5.95. The number of nitrogens with two attached hydrogens (primary N) is 1. The summed E-state index contributed by atoms with van der Waals surface area (Å²) in [5.41, 5.74) is 5.63. The number of unbranched alkanes of at least 4 members (excludes halogenated alkanes) is 1. The largest absolute Gasteiger partial charge is 0.393 e. The molecule has 1 rings (SSSR count). The van der Waals surface area contributed by atoms with Crippen molar-refractivity contribution in [3.63, 3.8) is 0 Å². The first-order valence-electron chi connectivity index (χ1n) is 7.34. The average Bonchev–Trinajstić information content (AvgIpc) is 2.45. The number of carbonyl (C=O) groups excluding carboxylic acids is 1. The Morgan fingerprint density at radius 3 is 2.62 bits per heavy atom. The minimum absolute atomic E-state index is 0.0626. The van der Waals surface area contributed by atoms with Gasteiger partial charge >= 0.3 is 0 Å². The lowest BCUT2D eigenvalue weighted by molar-refractivity contribution is -0.383. The monoisotopic (exact) mass is 293 g/mol. The minimum Gasteiger partial charge on any atom is -0.393 e. The molecular formula is C15H23N3O3. The van der Waals surface area contributed by atoms with Crippen LogP contribution in [0.25, 0.3) is 0 Å². The van der Waals surface area contributed by atoms with E-state index in [1.807, 2.05) is 0 Å². The number of nitrogens with one attached hydrogen (secondary N) is 1. The van der Waals surface area contributed by atoms with Gasteiger partial charge in [0.1, 0.15) is 5.69 Å². The summed E-state index contributed by atoms with van der Waals surface area (Å²) in [5, 5.41) is 13.8. The number of anilines is 1. The molecule has 0 spiro atoms. The van der Waals surface area contributed by atoms with Crippen LogP contribution in [0.5, 0.6) is 0 Å². The molecule has 1 aromatic rings. The Morgan fingerprint density at radius 1 is 1.33 bits per heavy atom. The standard InChI is InChI=1S/C15H23N3O3/c1-3-5-7-12(6-4-2)17-15(19)11-8-9-13(16)14(10-11)18(20)21/h8-10,12H,3-7,16H2,1-2H3,(H,17,19). The number of hydrogen-bond acceptors (Lipinski definition) is 4. The Hall–Kier alpha value is -2.11. The molecule has 0 aliphatic carbocycles. The number of nitro benzene ring substituents is 1. The van der Waals surface area contributed by atoms with E-state index >= 15 is 0 Å². The van der Waals surface area contributed by atoms with Gasteiger partial charge in [0.05, 0.1) is 4.92 Å². The Bertz CT molecular complexity index is 503. The normalized spacial score (nSPS) is 11.9. The molecule has 1 aromatic carbocycles. The van der Waals surface area contributed by atoms with Gasteiger partial charge in [-0.15, -0.1) is 0 Å². The van der Waals surface area contributed by atoms with E-state index < -0.39 is 4.92 Å². The highest BCUT2D eigenvalue weighted by Crippen LogP contribution is 2.22. The molecule has 0 fully saturated rings. The average molecular weight is 293 g/mol. The lowest BCUT2D eigenvalue weighted by atomic mass is 10.0. The Balaban J connectivity index is 2.82. The smallest absolute Gasteiger partial charge is 0.292 e. The van der Waals surface area contributed by atoms with Crippen molar-refractivity contribution in [2.75, 3.05) is 5.73 Å². The molecular weight excluding hydrogens is 270 g/mol. The summed E-state index contributed by atoms with van der Waals surface area (Å²) in [6, 6.07) is 4.25. The van der Waals surface area contributed by atoms with Crippen LogP contribution in [0.4, 0.5) is 11.4 Å². The van der Waals surface area contributed by atoms with E-state index in [2.05, 4.69) is 19.2 Å². The van der Waals surface area contributed by atoms with Gasteiger partial charge in [-0.2, -0.15) is 0 Å². The summed E-state index contributed by atoms with van der Waals surface area (Å²) in [6.45, 7) is 4.17. The van der Waals surface area contributed by atoms with E-state index in [0.717, 1.165) is 32.1 Å². The van der Waals surface area contributed by atoms with Crippen LogP contribution in [-0.4, -0.2) is 16.9 Å². The van der Waals surface area contributed by atoms with Crippen molar-refractivity contribution in [2.45, 2.75) is 52.0 Å². The van der Waals surface area contributed by atoms with E-state index in [9.17, 15) is 14.9 Å². The predicted octanol–water partition coefficient (Wildman–Crippen LogP) is 3.27. The number of nitrogens with zero attached hydrogens (tertiary/aromatic N) is 1. The molecule has 0 heterocycles. The molecule has 6 heteroatoms. The van der Waals surface area contributed by atoms with Crippen molar-refractivity contribution in [1.29, 1.82) is 0 Å². The summed E-state index contributed by atoms with van der Waals surface area (Å²) in [5.74, 6) is -0.285. The van der Waals surface area contributed by atoms with E-state index in [0.29, 0.717) is 0 Å². The van der Waals surface area contributed by atoms with E-state index in [1.54, 1.807) is 0 Å². The van der Waals surface area contributed by atoms with Crippen LogP contribution in [0.1, 0.15) is 56.3 Å². The molecule has 6 nitrogen and oxygen atoms in total. The maximum absolute atomic E-state index is 12.2. The van der Waals surface area contributed by atoms with Crippen molar-refractivity contribution in [1.82, 2.24) is 5.32 Å². The third-order valence-corrected chi connectivity index (χ3v) is 3.37. The third-order valence-electron chi connectivity index (χ3n) is 3.37. The molecule has 116 valence electrons. The van der Waals surface area contributed by atoms with Gasteiger partial charge in [-0.3, -0.25) is 14.9 Å². The molecule has 3 N–H and O–H groups in total. The fourth-order valence-electron chi connectivity index (χ4n) is 2.20. The zero-order chi connectivity index (χ0) is 15.8. The lowest BCUT2D eigenvalue weighted by Gasteiger charge is -2.18. The third kappa shape index (κ3) is 5.06. The molecule has 1 unspecified atom stereocenters. The fraction of sp³-hybridized carbons (Fsp3) is 0.533. The SMILES string of the molecule is CCCCC(CCC)NC(=O)c1ccc(N)c([N+](=O)[O-])c1. The van der Waals surface area contributed by atoms with E-state index in [-0.39, 0.29) is 28.9 Å². The maximum atomic E-state index is 12.2. The summed E-state index contributed by atoms with van der Waals surface area (Å²) in [6.07, 6.45) is 4.93. The summed E-state index contributed by atoms with van der Waals surface area (Å²) in [7, 11) is 0. The van der Waals surface area contributed by atoms with Crippen LogP contribution in [0, 0.1) is 10.1 Å². The van der Waals surface area contributed by atoms with Crippen LogP contribution in [0.15, 0.2) is 18.2 Å². The molecule has 21 heavy (non-hydrogen) atoms. The second-order valence-electron chi connectivity index (χ2n) is 5.13. The first-order chi connectivity index (χ1) is 9.99. The van der Waals surface area contributed by atoms with Crippen LogP contribution in [0.2, 0.25) is 0 Å². The van der Waals surface area contributed by atoms with Crippen molar-refractivity contribution in [3.05, 3.63) is 33.9 Å². The number of carbonyl (C=O) groups is 1. The Morgan fingerprint density at radius 2 is 2.05 bits per heavy atom. The number of amides is 1. The lowest BCUT2D eigenvalue weighted by Crippen LogP contribution is -2.34. The minimum atomic E-state index is -0.577. The van der Waals surface area contributed by atoms with Gasteiger partial charge in [0.15, 0.2) is 0 Å². The fourth-order valence-corrected chi connectivity index (χ4v) is 2.20. The zero-order valence-corrected chi connectivity index (χ0v) is 12.6. The van der Waals surface area contributed by atoms with Crippen molar-refractivity contribution in [2.24, 2.45) is 0 Å². The maximum Gasteiger partial charge on any atom is 0.292 e. The van der Waals surface area contributed by atoms with Crippen LogP contribution < -0.4 is 11.1 Å².